The van der Waals surface area contributed by atoms with Crippen LogP contribution in [0.25, 0.3) is 21.9 Å². The number of hydrogen-bond acceptors (Lipinski definition) is 5. The van der Waals surface area contributed by atoms with Crippen LogP contribution in [0.1, 0.15) is 12.5 Å². The number of benzene rings is 2. The molecule has 2 aromatic carbocycles. The maximum Gasteiger partial charge on any atom is 0.420 e. The SMILES string of the molecule is CC(=O)Oc1ccc2c(c1)c1c(=O)oc(=O)[nH]c1n2CCc1ccccc1. The summed E-state index contributed by atoms with van der Waals surface area (Å²) in [4.78, 5) is 37.9. The van der Waals surface area contributed by atoms with Crippen LogP contribution in [-0.4, -0.2) is 15.5 Å². The van der Waals surface area contributed by atoms with Crippen LogP contribution < -0.4 is 16.1 Å². The Morgan fingerprint density at radius 2 is 1.93 bits per heavy atom. The van der Waals surface area contributed by atoms with E-state index in [1.54, 1.807) is 18.2 Å². The van der Waals surface area contributed by atoms with E-state index in [2.05, 4.69) is 4.98 Å². The van der Waals surface area contributed by atoms with E-state index < -0.39 is 17.4 Å². The van der Waals surface area contributed by atoms with Gasteiger partial charge in [0.2, 0.25) is 0 Å². The van der Waals surface area contributed by atoms with Crippen LogP contribution in [-0.2, 0) is 17.8 Å². The molecule has 136 valence electrons. The second-order valence-electron chi connectivity index (χ2n) is 6.19. The molecule has 0 radical (unpaired) electrons. The third-order valence-corrected chi connectivity index (χ3v) is 4.37. The summed E-state index contributed by atoms with van der Waals surface area (Å²) in [5, 5.41) is 0.813. The predicted octanol–water partition coefficient (Wildman–Crippen LogP) is 2.60. The zero-order valence-electron chi connectivity index (χ0n) is 14.5. The summed E-state index contributed by atoms with van der Waals surface area (Å²) in [7, 11) is 0. The van der Waals surface area contributed by atoms with Crippen molar-refractivity contribution in [3.05, 3.63) is 75.1 Å². The van der Waals surface area contributed by atoms with E-state index in [9.17, 15) is 14.4 Å². The van der Waals surface area contributed by atoms with Gasteiger partial charge >= 0.3 is 17.4 Å². The Morgan fingerprint density at radius 3 is 2.67 bits per heavy atom. The minimum Gasteiger partial charge on any atom is -0.427 e. The van der Waals surface area contributed by atoms with Gasteiger partial charge in [0.1, 0.15) is 16.8 Å². The molecule has 7 heteroatoms. The molecule has 0 amide bonds. The number of aromatic nitrogens is 2. The van der Waals surface area contributed by atoms with Gasteiger partial charge in [-0.1, -0.05) is 30.3 Å². The standard InChI is InChI=1S/C20H16N2O5/c1-12(23)26-14-7-8-16-15(11-14)17-18(21-20(25)27-19(17)24)22(16)10-9-13-5-3-2-4-6-13/h2-8,11H,9-10H2,1H3,(H,21,25). The molecule has 27 heavy (non-hydrogen) atoms. The van der Waals surface area contributed by atoms with Crippen molar-refractivity contribution in [2.75, 3.05) is 0 Å². The number of nitrogens with one attached hydrogen (secondary N) is 1. The predicted molar refractivity (Wildman–Crippen MR) is 100 cm³/mol. The highest BCUT2D eigenvalue weighted by Gasteiger charge is 2.17. The zero-order chi connectivity index (χ0) is 19.0. The van der Waals surface area contributed by atoms with E-state index in [4.69, 9.17) is 9.15 Å². The first-order chi connectivity index (χ1) is 13.0. The van der Waals surface area contributed by atoms with Crippen molar-refractivity contribution < 1.29 is 13.9 Å². The number of carbonyl (C=O) groups is 1. The lowest BCUT2D eigenvalue weighted by Gasteiger charge is -2.07. The Morgan fingerprint density at radius 1 is 1.15 bits per heavy atom. The van der Waals surface area contributed by atoms with Crippen LogP contribution in [0.3, 0.4) is 0 Å². The van der Waals surface area contributed by atoms with Crippen molar-refractivity contribution in [3.63, 3.8) is 0 Å². The molecule has 0 fully saturated rings. The molecular weight excluding hydrogens is 348 g/mol. The van der Waals surface area contributed by atoms with Crippen LogP contribution in [0, 0.1) is 0 Å². The lowest BCUT2D eigenvalue weighted by molar-refractivity contribution is -0.131. The van der Waals surface area contributed by atoms with Gasteiger partial charge in [-0.2, -0.15) is 0 Å². The van der Waals surface area contributed by atoms with Crippen LogP contribution in [0.4, 0.5) is 0 Å². The number of fused-ring (bicyclic) bond motifs is 3. The lowest BCUT2D eigenvalue weighted by atomic mass is 10.1. The summed E-state index contributed by atoms with van der Waals surface area (Å²) < 4.78 is 11.7. The third kappa shape index (κ3) is 3.15. The monoisotopic (exact) mass is 364 g/mol. The summed E-state index contributed by atoms with van der Waals surface area (Å²) in [6, 6.07) is 14.9. The summed E-state index contributed by atoms with van der Waals surface area (Å²) in [6.45, 7) is 1.86. The fraction of sp³-hybridized carbons (Fsp3) is 0.150. The molecule has 0 bridgehead atoms. The Labute approximate surface area is 152 Å². The molecule has 0 unspecified atom stereocenters. The molecule has 0 atom stereocenters. The molecule has 0 spiro atoms. The number of esters is 1. The number of rotatable bonds is 4. The second-order valence-corrected chi connectivity index (χ2v) is 6.19. The first-order valence-corrected chi connectivity index (χ1v) is 8.44. The maximum atomic E-state index is 12.3. The number of aryl methyl sites for hydroxylation is 2. The first kappa shape index (κ1) is 16.8. The highest BCUT2D eigenvalue weighted by Crippen LogP contribution is 2.29. The highest BCUT2D eigenvalue weighted by molar-refractivity contribution is 6.06. The van der Waals surface area contributed by atoms with Crippen molar-refractivity contribution in [1.29, 1.82) is 0 Å². The van der Waals surface area contributed by atoms with E-state index in [-0.39, 0.29) is 5.39 Å². The van der Waals surface area contributed by atoms with Gasteiger partial charge < -0.3 is 13.7 Å². The second kappa shape index (κ2) is 6.60. The van der Waals surface area contributed by atoms with Crippen molar-refractivity contribution in [3.8, 4) is 5.75 Å². The third-order valence-electron chi connectivity index (χ3n) is 4.37. The van der Waals surface area contributed by atoms with E-state index >= 15 is 0 Å². The molecular formula is C20H16N2O5. The molecule has 1 N–H and O–H groups in total. The van der Waals surface area contributed by atoms with E-state index in [1.165, 1.54) is 6.92 Å². The number of nitrogens with zero attached hydrogens (tertiary/aromatic N) is 1. The van der Waals surface area contributed by atoms with Gasteiger partial charge in [0, 0.05) is 18.9 Å². The number of hydrogen-bond donors (Lipinski definition) is 1. The van der Waals surface area contributed by atoms with Gasteiger partial charge in [-0.25, -0.2) is 9.59 Å². The van der Waals surface area contributed by atoms with Crippen LogP contribution in [0.15, 0.2) is 62.5 Å². The molecule has 2 aromatic heterocycles. The first-order valence-electron chi connectivity index (χ1n) is 8.44. The highest BCUT2D eigenvalue weighted by atomic mass is 16.5. The van der Waals surface area contributed by atoms with Crippen molar-refractivity contribution >= 4 is 27.9 Å². The van der Waals surface area contributed by atoms with Crippen molar-refractivity contribution in [1.82, 2.24) is 9.55 Å². The van der Waals surface area contributed by atoms with Crippen LogP contribution in [0.5, 0.6) is 5.75 Å². The smallest absolute Gasteiger partial charge is 0.420 e. The number of carbonyl (C=O) groups excluding carboxylic acids is 1. The van der Waals surface area contributed by atoms with Gasteiger partial charge in [-0.3, -0.25) is 9.78 Å². The van der Waals surface area contributed by atoms with Gasteiger partial charge in [0.15, 0.2) is 0 Å². The Bertz CT molecular complexity index is 1260. The molecule has 7 nitrogen and oxygen atoms in total. The molecule has 2 heterocycles. The largest absolute Gasteiger partial charge is 0.427 e. The maximum absolute atomic E-state index is 12.3. The van der Waals surface area contributed by atoms with E-state index in [0.29, 0.717) is 29.7 Å². The number of aromatic amines is 1. The van der Waals surface area contributed by atoms with E-state index in [0.717, 1.165) is 11.1 Å². The molecule has 0 saturated carbocycles. The minimum atomic E-state index is -0.809. The van der Waals surface area contributed by atoms with E-state index in [1.807, 2.05) is 34.9 Å². The summed E-state index contributed by atoms with van der Waals surface area (Å²) in [5.74, 6) is -0.943. The Kier molecular flexibility index (Phi) is 4.12. The normalized spacial score (nSPS) is 11.1. The zero-order valence-corrected chi connectivity index (χ0v) is 14.5. The summed E-state index contributed by atoms with van der Waals surface area (Å²) >= 11 is 0. The Hall–Kier alpha value is -3.61. The lowest BCUT2D eigenvalue weighted by Crippen LogP contribution is -2.15. The minimum absolute atomic E-state index is 0.256. The van der Waals surface area contributed by atoms with Gasteiger partial charge in [0.05, 0.1) is 5.52 Å². The topological polar surface area (TPSA) is 94.3 Å². The van der Waals surface area contributed by atoms with Crippen LogP contribution in [0.2, 0.25) is 0 Å². The van der Waals surface area contributed by atoms with Crippen molar-refractivity contribution in [2.24, 2.45) is 0 Å². The van der Waals surface area contributed by atoms with Gasteiger partial charge in [0.25, 0.3) is 0 Å². The van der Waals surface area contributed by atoms with Crippen molar-refractivity contribution in [2.45, 2.75) is 19.9 Å². The molecule has 0 aliphatic rings. The quantitative estimate of drug-likeness (QED) is 0.444. The summed E-state index contributed by atoms with van der Waals surface area (Å²) in [6.07, 6.45) is 0.716. The molecule has 4 aromatic rings. The number of ether oxygens (including phenoxy) is 1. The summed E-state index contributed by atoms with van der Waals surface area (Å²) in [5.41, 5.74) is 1.54. The Balaban J connectivity index is 1.91. The molecule has 0 saturated heterocycles. The average Bonchev–Trinajstić information content (AvgIpc) is 2.93. The molecule has 0 aliphatic heterocycles. The van der Waals surface area contributed by atoms with Gasteiger partial charge in [-0.15, -0.1) is 0 Å². The molecule has 0 aliphatic carbocycles. The van der Waals surface area contributed by atoms with Gasteiger partial charge in [-0.05, 0) is 30.2 Å². The average molecular weight is 364 g/mol. The fourth-order valence-corrected chi connectivity index (χ4v) is 3.28. The molecule has 4 rings (SSSR count). The fourth-order valence-electron chi connectivity index (χ4n) is 3.28. The number of H-pyrrole nitrogens is 1. The van der Waals surface area contributed by atoms with Crippen LogP contribution >= 0.6 is 0 Å².